The lowest BCUT2D eigenvalue weighted by Gasteiger charge is -2.21. The summed E-state index contributed by atoms with van der Waals surface area (Å²) < 4.78 is 0. The number of benzene rings is 1. The highest BCUT2D eigenvalue weighted by atomic mass is 32.2. The van der Waals surface area contributed by atoms with E-state index >= 15 is 0 Å². The fourth-order valence-electron chi connectivity index (χ4n) is 2.14. The molecule has 1 aromatic carbocycles. The molecule has 0 saturated carbocycles. The molecule has 0 aliphatic carbocycles. The minimum atomic E-state index is -0.941. The molecular formula is C14H18N2O3S. The molecule has 6 heteroatoms. The average molecular weight is 294 g/mol. The van der Waals surface area contributed by atoms with Gasteiger partial charge in [-0.2, -0.15) is 0 Å². The van der Waals surface area contributed by atoms with Gasteiger partial charge in [0.1, 0.15) is 6.04 Å². The van der Waals surface area contributed by atoms with Crippen LogP contribution in [0.15, 0.2) is 24.3 Å². The lowest BCUT2D eigenvalue weighted by Crippen LogP contribution is -2.47. The zero-order chi connectivity index (χ0) is 14.5. The Labute approximate surface area is 122 Å². The Morgan fingerprint density at radius 1 is 1.45 bits per heavy atom. The minimum Gasteiger partial charge on any atom is -0.480 e. The fraction of sp³-hybridized carbons (Fsp3) is 0.429. The molecule has 2 N–H and O–H groups in total. The van der Waals surface area contributed by atoms with Crippen molar-refractivity contribution in [3.63, 3.8) is 0 Å². The van der Waals surface area contributed by atoms with Gasteiger partial charge in [0, 0.05) is 12.3 Å². The van der Waals surface area contributed by atoms with E-state index in [1.807, 2.05) is 31.2 Å². The van der Waals surface area contributed by atoms with Crippen molar-refractivity contribution in [1.29, 1.82) is 0 Å². The average Bonchev–Trinajstić information content (AvgIpc) is 2.90. The first-order chi connectivity index (χ1) is 9.59. The Kier molecular flexibility index (Phi) is 4.89. The number of hydrogen-bond acceptors (Lipinski definition) is 3. The number of nitrogens with zero attached hydrogens (tertiary/aromatic N) is 1. The zero-order valence-electron chi connectivity index (χ0n) is 11.3. The Morgan fingerprint density at radius 3 is 2.90 bits per heavy atom. The highest BCUT2D eigenvalue weighted by Gasteiger charge is 2.34. The minimum absolute atomic E-state index is 0.295. The van der Waals surface area contributed by atoms with Crippen LogP contribution in [-0.4, -0.2) is 46.2 Å². The predicted octanol–water partition coefficient (Wildman–Crippen LogP) is 1.71. The molecule has 1 saturated heterocycles. The summed E-state index contributed by atoms with van der Waals surface area (Å²) in [6.07, 6.45) is 0.747. The second-order valence-electron chi connectivity index (χ2n) is 4.73. The summed E-state index contributed by atoms with van der Waals surface area (Å²) in [5.74, 6) is -0.0442. The molecule has 20 heavy (non-hydrogen) atoms. The maximum atomic E-state index is 12.0. The monoisotopic (exact) mass is 294 g/mol. The Bertz CT molecular complexity index is 507. The molecule has 1 aromatic rings. The quantitative estimate of drug-likeness (QED) is 0.887. The third-order valence-electron chi connectivity index (χ3n) is 3.36. The van der Waals surface area contributed by atoms with Crippen molar-refractivity contribution < 1.29 is 14.7 Å². The van der Waals surface area contributed by atoms with Crippen LogP contribution in [0.5, 0.6) is 0 Å². The van der Waals surface area contributed by atoms with Crippen LogP contribution in [-0.2, 0) is 11.2 Å². The van der Waals surface area contributed by atoms with Crippen molar-refractivity contribution in [2.45, 2.75) is 19.4 Å². The van der Waals surface area contributed by atoms with Crippen molar-refractivity contribution >= 4 is 23.8 Å². The smallest absolute Gasteiger partial charge is 0.327 e. The van der Waals surface area contributed by atoms with Crippen LogP contribution in [0.4, 0.5) is 4.79 Å². The van der Waals surface area contributed by atoms with Crippen molar-refractivity contribution in [3.05, 3.63) is 35.4 Å². The first kappa shape index (κ1) is 14.7. The number of hydrogen-bond donors (Lipinski definition) is 2. The summed E-state index contributed by atoms with van der Waals surface area (Å²) >= 11 is 1.46. The molecule has 1 heterocycles. The van der Waals surface area contributed by atoms with E-state index < -0.39 is 12.0 Å². The molecule has 1 atom stereocenters. The first-order valence-corrected chi connectivity index (χ1v) is 7.64. The van der Waals surface area contributed by atoms with Gasteiger partial charge in [0.25, 0.3) is 0 Å². The number of aliphatic carboxylic acids is 1. The molecule has 0 bridgehead atoms. The molecule has 2 rings (SSSR count). The normalized spacial score (nSPS) is 18.1. The number of aryl methyl sites for hydroxylation is 1. The van der Waals surface area contributed by atoms with Gasteiger partial charge in [0.05, 0.1) is 5.88 Å². The van der Waals surface area contributed by atoms with E-state index in [0.717, 1.165) is 6.42 Å². The topological polar surface area (TPSA) is 69.6 Å². The van der Waals surface area contributed by atoms with E-state index in [4.69, 9.17) is 5.11 Å². The lowest BCUT2D eigenvalue weighted by atomic mass is 10.1. The van der Waals surface area contributed by atoms with Crippen molar-refractivity contribution in [2.75, 3.05) is 18.2 Å². The number of urea groups is 1. The van der Waals surface area contributed by atoms with Gasteiger partial charge < -0.3 is 15.3 Å². The fourth-order valence-corrected chi connectivity index (χ4v) is 3.29. The molecule has 0 spiro atoms. The zero-order valence-corrected chi connectivity index (χ0v) is 12.2. The van der Waals surface area contributed by atoms with Crippen molar-refractivity contribution in [2.24, 2.45) is 0 Å². The van der Waals surface area contributed by atoms with Gasteiger partial charge in [-0.05, 0) is 24.5 Å². The lowest BCUT2D eigenvalue weighted by molar-refractivity contribution is -0.140. The number of carbonyl (C=O) groups is 2. The van der Waals surface area contributed by atoms with Gasteiger partial charge in [-0.1, -0.05) is 24.3 Å². The molecule has 1 aliphatic heterocycles. The summed E-state index contributed by atoms with van der Waals surface area (Å²) in [5.41, 5.74) is 2.39. The van der Waals surface area contributed by atoms with Crippen LogP contribution in [0.1, 0.15) is 11.1 Å². The molecule has 1 aliphatic rings. The molecular weight excluding hydrogens is 276 g/mol. The highest BCUT2D eigenvalue weighted by Crippen LogP contribution is 2.20. The standard InChI is InChI=1S/C14H18N2O3S/c1-10-4-2-3-5-11(10)6-7-15-14(19)16-9-20-8-12(16)13(17)18/h2-5,12H,6-9H2,1H3,(H,15,19)(H,17,18)/t12-/m0/s1. The molecule has 0 aromatic heterocycles. The molecule has 1 fully saturated rings. The van der Waals surface area contributed by atoms with E-state index in [-0.39, 0.29) is 6.03 Å². The summed E-state index contributed by atoms with van der Waals surface area (Å²) in [4.78, 5) is 24.4. The number of carboxylic acid groups (broad SMARTS) is 1. The van der Waals surface area contributed by atoms with E-state index in [0.29, 0.717) is 18.2 Å². The van der Waals surface area contributed by atoms with Crippen LogP contribution < -0.4 is 5.32 Å². The summed E-state index contributed by atoms with van der Waals surface area (Å²) in [7, 11) is 0. The van der Waals surface area contributed by atoms with Crippen molar-refractivity contribution in [3.8, 4) is 0 Å². The third kappa shape index (κ3) is 3.45. The number of rotatable bonds is 4. The first-order valence-electron chi connectivity index (χ1n) is 6.49. The number of carboxylic acids is 1. The van der Waals surface area contributed by atoms with Crippen LogP contribution in [0.2, 0.25) is 0 Å². The summed E-state index contributed by atoms with van der Waals surface area (Å²) in [5, 5.41) is 11.8. The second kappa shape index (κ2) is 6.65. The SMILES string of the molecule is Cc1ccccc1CCNC(=O)N1CSC[C@H]1C(=O)O. The van der Waals surface area contributed by atoms with Gasteiger partial charge >= 0.3 is 12.0 Å². The van der Waals surface area contributed by atoms with Gasteiger partial charge in [-0.3, -0.25) is 0 Å². The number of amides is 2. The van der Waals surface area contributed by atoms with Gasteiger partial charge in [0.15, 0.2) is 0 Å². The van der Waals surface area contributed by atoms with Gasteiger partial charge in [0.2, 0.25) is 0 Å². The number of nitrogens with one attached hydrogen (secondary N) is 1. The highest BCUT2D eigenvalue weighted by molar-refractivity contribution is 7.99. The van der Waals surface area contributed by atoms with Crippen molar-refractivity contribution in [1.82, 2.24) is 10.2 Å². The van der Waals surface area contributed by atoms with Crippen LogP contribution in [0.25, 0.3) is 0 Å². The van der Waals surface area contributed by atoms with Gasteiger partial charge in [-0.25, -0.2) is 9.59 Å². The molecule has 5 nitrogen and oxygen atoms in total. The summed E-state index contributed by atoms with van der Waals surface area (Å²) in [6, 6.07) is 7.02. The van der Waals surface area contributed by atoms with E-state index in [1.54, 1.807) is 0 Å². The van der Waals surface area contributed by atoms with Crippen LogP contribution in [0, 0.1) is 6.92 Å². The maximum absolute atomic E-state index is 12.0. The van der Waals surface area contributed by atoms with Crippen LogP contribution in [0.3, 0.4) is 0 Å². The molecule has 108 valence electrons. The second-order valence-corrected chi connectivity index (χ2v) is 5.73. The Morgan fingerprint density at radius 2 is 2.20 bits per heavy atom. The number of thioether (sulfide) groups is 1. The summed E-state index contributed by atoms with van der Waals surface area (Å²) in [6.45, 7) is 2.55. The largest absolute Gasteiger partial charge is 0.480 e. The molecule has 0 unspecified atom stereocenters. The molecule has 2 amide bonds. The maximum Gasteiger partial charge on any atom is 0.327 e. The molecule has 0 radical (unpaired) electrons. The predicted molar refractivity (Wildman–Crippen MR) is 78.9 cm³/mol. The van der Waals surface area contributed by atoms with Crippen LogP contribution >= 0.6 is 11.8 Å². The Hall–Kier alpha value is -1.69. The van der Waals surface area contributed by atoms with E-state index in [2.05, 4.69) is 5.32 Å². The Balaban J connectivity index is 1.84. The van der Waals surface area contributed by atoms with Gasteiger partial charge in [-0.15, -0.1) is 11.8 Å². The number of carbonyl (C=O) groups excluding carboxylic acids is 1. The third-order valence-corrected chi connectivity index (χ3v) is 4.37. The van der Waals surface area contributed by atoms with E-state index in [1.165, 1.54) is 27.8 Å². The van der Waals surface area contributed by atoms with E-state index in [9.17, 15) is 9.59 Å².